The number of rotatable bonds is 5. The molecule has 0 bridgehead atoms. The van der Waals surface area contributed by atoms with Gasteiger partial charge in [-0.25, -0.2) is 4.98 Å². The summed E-state index contributed by atoms with van der Waals surface area (Å²) in [4.78, 5) is 16.5. The monoisotopic (exact) mass is 328 g/mol. The summed E-state index contributed by atoms with van der Waals surface area (Å²) < 4.78 is 2.08. The SMILES string of the molecule is CCc1ccc(NC(=O)CSc2nc3ccccc3s2)cc1. The number of nitrogens with one attached hydrogen (secondary N) is 1. The van der Waals surface area contributed by atoms with Crippen molar-refractivity contribution in [1.82, 2.24) is 4.98 Å². The highest BCUT2D eigenvalue weighted by atomic mass is 32.2. The van der Waals surface area contributed by atoms with Gasteiger partial charge in [0, 0.05) is 5.69 Å². The Kier molecular flexibility index (Phi) is 4.75. The molecular weight excluding hydrogens is 312 g/mol. The summed E-state index contributed by atoms with van der Waals surface area (Å²) >= 11 is 3.10. The van der Waals surface area contributed by atoms with Gasteiger partial charge in [0.15, 0.2) is 4.34 Å². The van der Waals surface area contributed by atoms with E-state index in [-0.39, 0.29) is 5.91 Å². The number of nitrogens with zero attached hydrogens (tertiary/aromatic N) is 1. The highest BCUT2D eigenvalue weighted by molar-refractivity contribution is 8.01. The molecule has 0 saturated carbocycles. The molecule has 1 N–H and O–H groups in total. The number of hydrogen-bond donors (Lipinski definition) is 1. The predicted octanol–water partition coefficient (Wildman–Crippen LogP) is 4.59. The number of hydrogen-bond acceptors (Lipinski definition) is 4. The number of carbonyl (C=O) groups is 1. The van der Waals surface area contributed by atoms with Crippen molar-refractivity contribution >= 4 is 44.9 Å². The lowest BCUT2D eigenvalue weighted by molar-refractivity contribution is -0.113. The Morgan fingerprint density at radius 3 is 2.68 bits per heavy atom. The second kappa shape index (κ2) is 6.94. The van der Waals surface area contributed by atoms with Gasteiger partial charge in [-0.2, -0.15) is 0 Å². The summed E-state index contributed by atoms with van der Waals surface area (Å²) in [6, 6.07) is 16.0. The van der Waals surface area contributed by atoms with Crippen LogP contribution in [0.1, 0.15) is 12.5 Å². The zero-order valence-electron chi connectivity index (χ0n) is 12.2. The number of anilines is 1. The van der Waals surface area contributed by atoms with E-state index in [2.05, 4.69) is 17.2 Å². The Morgan fingerprint density at radius 2 is 1.95 bits per heavy atom. The van der Waals surface area contributed by atoms with Crippen molar-refractivity contribution in [2.24, 2.45) is 0 Å². The first kappa shape index (κ1) is 15.1. The molecule has 0 unspecified atom stereocenters. The molecule has 3 rings (SSSR count). The first-order valence-electron chi connectivity index (χ1n) is 7.12. The third-order valence-electron chi connectivity index (χ3n) is 3.25. The van der Waals surface area contributed by atoms with Crippen molar-refractivity contribution in [2.45, 2.75) is 17.7 Å². The molecule has 3 aromatic rings. The fraction of sp³-hybridized carbons (Fsp3) is 0.176. The van der Waals surface area contributed by atoms with Gasteiger partial charge in [-0.3, -0.25) is 4.79 Å². The Labute approximate surface area is 137 Å². The number of para-hydroxylation sites is 1. The molecule has 0 saturated heterocycles. The summed E-state index contributed by atoms with van der Waals surface area (Å²) in [5.74, 6) is 0.364. The molecule has 1 amide bonds. The minimum absolute atomic E-state index is 0.00601. The smallest absolute Gasteiger partial charge is 0.234 e. The van der Waals surface area contributed by atoms with E-state index < -0.39 is 0 Å². The van der Waals surface area contributed by atoms with Gasteiger partial charge in [-0.15, -0.1) is 11.3 Å². The molecule has 0 fully saturated rings. The molecule has 22 heavy (non-hydrogen) atoms. The molecule has 3 nitrogen and oxygen atoms in total. The van der Waals surface area contributed by atoms with Crippen LogP contribution >= 0.6 is 23.1 Å². The van der Waals surface area contributed by atoms with E-state index in [0.29, 0.717) is 5.75 Å². The minimum atomic E-state index is -0.00601. The molecular formula is C17H16N2OS2. The Bertz CT molecular complexity index is 748. The summed E-state index contributed by atoms with van der Waals surface area (Å²) in [6.45, 7) is 2.11. The lowest BCUT2D eigenvalue weighted by atomic mass is 10.1. The molecule has 0 spiro atoms. The normalized spacial score (nSPS) is 10.8. The van der Waals surface area contributed by atoms with Gasteiger partial charge in [0.05, 0.1) is 16.0 Å². The minimum Gasteiger partial charge on any atom is -0.325 e. The van der Waals surface area contributed by atoms with Crippen molar-refractivity contribution in [3.63, 3.8) is 0 Å². The van der Waals surface area contributed by atoms with Crippen LogP contribution in [0.15, 0.2) is 52.9 Å². The Balaban J connectivity index is 1.57. The number of thiazole rings is 1. The van der Waals surface area contributed by atoms with Crippen LogP contribution in [0, 0.1) is 0 Å². The molecule has 0 aliphatic rings. The van der Waals surface area contributed by atoms with E-state index in [1.807, 2.05) is 48.5 Å². The van der Waals surface area contributed by atoms with Crippen LogP contribution in [0.4, 0.5) is 5.69 Å². The molecule has 0 aliphatic carbocycles. The molecule has 0 radical (unpaired) electrons. The number of fused-ring (bicyclic) bond motifs is 1. The highest BCUT2D eigenvalue weighted by Crippen LogP contribution is 2.29. The molecule has 112 valence electrons. The molecule has 0 aliphatic heterocycles. The second-order valence-electron chi connectivity index (χ2n) is 4.83. The van der Waals surface area contributed by atoms with Gasteiger partial charge < -0.3 is 5.32 Å². The van der Waals surface area contributed by atoms with Crippen molar-refractivity contribution < 1.29 is 4.79 Å². The summed E-state index contributed by atoms with van der Waals surface area (Å²) in [7, 11) is 0. The number of aryl methyl sites for hydroxylation is 1. The topological polar surface area (TPSA) is 42.0 Å². The Morgan fingerprint density at radius 1 is 1.18 bits per heavy atom. The average molecular weight is 328 g/mol. The van der Waals surface area contributed by atoms with Gasteiger partial charge >= 0.3 is 0 Å². The molecule has 1 aromatic heterocycles. The quantitative estimate of drug-likeness (QED) is 0.697. The maximum absolute atomic E-state index is 12.0. The van der Waals surface area contributed by atoms with Crippen molar-refractivity contribution in [3.8, 4) is 0 Å². The second-order valence-corrected chi connectivity index (χ2v) is 7.09. The number of thioether (sulfide) groups is 1. The number of amides is 1. The lowest BCUT2D eigenvalue weighted by Gasteiger charge is -2.05. The molecule has 2 aromatic carbocycles. The van der Waals surface area contributed by atoms with Crippen LogP contribution in [0.2, 0.25) is 0 Å². The largest absolute Gasteiger partial charge is 0.325 e. The standard InChI is InChI=1S/C17H16N2OS2/c1-2-12-7-9-13(10-8-12)18-16(20)11-21-17-19-14-5-3-4-6-15(14)22-17/h3-10H,2,11H2,1H3,(H,18,20). The third kappa shape index (κ3) is 3.67. The van der Waals surface area contributed by atoms with Crippen molar-refractivity contribution in [2.75, 3.05) is 11.1 Å². The van der Waals surface area contributed by atoms with E-state index in [1.165, 1.54) is 17.3 Å². The van der Waals surface area contributed by atoms with Crippen LogP contribution in [0.3, 0.4) is 0 Å². The zero-order valence-corrected chi connectivity index (χ0v) is 13.8. The summed E-state index contributed by atoms with van der Waals surface area (Å²) in [5, 5.41) is 2.91. The fourth-order valence-corrected chi connectivity index (χ4v) is 3.93. The predicted molar refractivity (Wildman–Crippen MR) is 94.8 cm³/mol. The number of aromatic nitrogens is 1. The van der Waals surface area contributed by atoms with Gasteiger partial charge in [-0.05, 0) is 36.2 Å². The van der Waals surface area contributed by atoms with Gasteiger partial charge in [0.2, 0.25) is 5.91 Å². The molecule has 5 heteroatoms. The average Bonchev–Trinajstić information content (AvgIpc) is 2.96. The van der Waals surface area contributed by atoms with Gasteiger partial charge in [-0.1, -0.05) is 43.0 Å². The van der Waals surface area contributed by atoms with Crippen LogP contribution in [0.5, 0.6) is 0 Å². The van der Waals surface area contributed by atoms with Crippen molar-refractivity contribution in [3.05, 3.63) is 54.1 Å². The Hall–Kier alpha value is -1.85. The maximum Gasteiger partial charge on any atom is 0.234 e. The van der Waals surface area contributed by atoms with E-state index in [0.717, 1.165) is 26.7 Å². The van der Waals surface area contributed by atoms with Crippen LogP contribution in [-0.2, 0) is 11.2 Å². The third-order valence-corrected chi connectivity index (χ3v) is 5.43. The lowest BCUT2D eigenvalue weighted by Crippen LogP contribution is -2.13. The van der Waals surface area contributed by atoms with Crippen LogP contribution in [0.25, 0.3) is 10.2 Å². The summed E-state index contributed by atoms with van der Waals surface area (Å²) in [5.41, 5.74) is 3.10. The fourth-order valence-electron chi connectivity index (χ4n) is 2.06. The van der Waals surface area contributed by atoms with Gasteiger partial charge in [0.1, 0.15) is 0 Å². The van der Waals surface area contributed by atoms with Crippen molar-refractivity contribution in [1.29, 1.82) is 0 Å². The zero-order chi connectivity index (χ0) is 15.4. The highest BCUT2D eigenvalue weighted by Gasteiger charge is 2.07. The first-order chi connectivity index (χ1) is 10.7. The molecule has 1 heterocycles. The van der Waals surface area contributed by atoms with Crippen LogP contribution < -0.4 is 5.32 Å². The number of benzene rings is 2. The van der Waals surface area contributed by atoms with Gasteiger partial charge in [0.25, 0.3) is 0 Å². The summed E-state index contributed by atoms with van der Waals surface area (Å²) in [6.07, 6.45) is 1.00. The first-order valence-corrected chi connectivity index (χ1v) is 8.92. The van der Waals surface area contributed by atoms with E-state index in [9.17, 15) is 4.79 Å². The maximum atomic E-state index is 12.0. The number of carbonyl (C=O) groups excluding carboxylic acids is 1. The van der Waals surface area contributed by atoms with Crippen LogP contribution in [-0.4, -0.2) is 16.6 Å². The van der Waals surface area contributed by atoms with E-state index in [4.69, 9.17) is 0 Å². The van der Waals surface area contributed by atoms with E-state index >= 15 is 0 Å². The molecule has 0 atom stereocenters. The van der Waals surface area contributed by atoms with E-state index in [1.54, 1.807) is 11.3 Å².